The van der Waals surface area contributed by atoms with Crippen molar-refractivity contribution in [2.45, 2.75) is 38.6 Å². The molecule has 1 aliphatic rings. The summed E-state index contributed by atoms with van der Waals surface area (Å²) in [7, 11) is 0. The first-order valence-electron chi connectivity index (χ1n) is 4.73. The number of nitrogens with one attached hydrogen (secondary N) is 1. The molecule has 0 unspecified atom stereocenters. The van der Waals surface area contributed by atoms with E-state index in [9.17, 15) is 4.79 Å². The van der Waals surface area contributed by atoms with Crippen LogP contribution in [0.1, 0.15) is 32.6 Å². The molecule has 1 aliphatic carbocycles. The van der Waals surface area contributed by atoms with Crippen molar-refractivity contribution >= 4 is 12.1 Å². The van der Waals surface area contributed by atoms with Gasteiger partial charge in [0, 0.05) is 12.8 Å². The van der Waals surface area contributed by atoms with Crippen LogP contribution in [0.3, 0.4) is 0 Å². The maximum atomic E-state index is 10.9. The van der Waals surface area contributed by atoms with Crippen LogP contribution >= 0.6 is 0 Å². The molecule has 3 heteroatoms. The van der Waals surface area contributed by atoms with E-state index in [1.807, 2.05) is 19.2 Å². The van der Waals surface area contributed by atoms with Gasteiger partial charge < -0.3 is 5.32 Å². The Morgan fingerprint density at radius 2 is 2.15 bits per heavy atom. The fourth-order valence-corrected chi connectivity index (χ4v) is 1.36. The van der Waals surface area contributed by atoms with Gasteiger partial charge in [0.25, 0.3) is 0 Å². The summed E-state index contributed by atoms with van der Waals surface area (Å²) in [6, 6.07) is 0.343. The molecule has 0 spiro atoms. The van der Waals surface area contributed by atoms with Crippen LogP contribution in [0, 0.1) is 0 Å². The Morgan fingerprint density at radius 1 is 1.46 bits per heavy atom. The summed E-state index contributed by atoms with van der Waals surface area (Å²) in [6.07, 6.45) is 8.67. The van der Waals surface area contributed by atoms with E-state index in [-0.39, 0.29) is 0 Å². The molecule has 13 heavy (non-hydrogen) atoms. The van der Waals surface area contributed by atoms with Gasteiger partial charge in [-0.25, -0.2) is 0 Å². The molecule has 1 N–H and O–H groups in total. The van der Waals surface area contributed by atoms with Crippen LogP contribution in [0.5, 0.6) is 0 Å². The first-order chi connectivity index (χ1) is 6.33. The average molecular weight is 180 g/mol. The second-order valence-electron chi connectivity index (χ2n) is 3.21. The molecule has 0 atom stereocenters. The van der Waals surface area contributed by atoms with Crippen molar-refractivity contribution < 1.29 is 4.79 Å². The first kappa shape index (κ1) is 9.96. The SMILES string of the molecule is CC=CNC=NC1CCC(=O)CC1. The summed E-state index contributed by atoms with van der Waals surface area (Å²) >= 11 is 0. The Bertz CT molecular complexity index is 211. The van der Waals surface area contributed by atoms with E-state index in [0.717, 1.165) is 12.8 Å². The van der Waals surface area contributed by atoms with E-state index in [1.165, 1.54) is 0 Å². The van der Waals surface area contributed by atoms with E-state index < -0.39 is 0 Å². The molecule has 0 aromatic heterocycles. The number of carbonyl (C=O) groups is 1. The molecule has 1 rings (SSSR count). The second-order valence-corrected chi connectivity index (χ2v) is 3.21. The Labute approximate surface area is 78.9 Å². The van der Waals surface area contributed by atoms with Gasteiger partial charge in [0.2, 0.25) is 0 Å². The minimum Gasteiger partial charge on any atom is -0.353 e. The standard InChI is InChI=1S/C10H16N2O/c1-2-7-11-8-12-9-3-5-10(13)6-4-9/h2,7-9H,3-6H2,1H3,(H,11,12). The van der Waals surface area contributed by atoms with E-state index in [0.29, 0.717) is 24.7 Å². The quantitative estimate of drug-likeness (QED) is 0.530. The smallest absolute Gasteiger partial charge is 0.133 e. The van der Waals surface area contributed by atoms with Crippen molar-refractivity contribution in [2.24, 2.45) is 4.99 Å². The van der Waals surface area contributed by atoms with Gasteiger partial charge in [0.05, 0.1) is 12.4 Å². The number of Topliss-reactive ketones (excluding diaryl/α,β-unsaturated/α-hetero) is 1. The monoisotopic (exact) mass is 180 g/mol. The van der Waals surface area contributed by atoms with E-state index in [1.54, 1.807) is 6.34 Å². The van der Waals surface area contributed by atoms with Crippen molar-refractivity contribution in [3.63, 3.8) is 0 Å². The Hall–Kier alpha value is -1.12. The highest BCUT2D eigenvalue weighted by Gasteiger charge is 2.16. The van der Waals surface area contributed by atoms with Crippen LogP contribution in [0.2, 0.25) is 0 Å². The summed E-state index contributed by atoms with van der Waals surface area (Å²) in [6.45, 7) is 1.94. The molecule has 0 aromatic rings. The molecule has 0 radical (unpaired) electrons. The van der Waals surface area contributed by atoms with Crippen molar-refractivity contribution in [3.05, 3.63) is 12.3 Å². The summed E-state index contributed by atoms with van der Waals surface area (Å²) in [4.78, 5) is 15.2. The summed E-state index contributed by atoms with van der Waals surface area (Å²) in [5.74, 6) is 0.382. The molecule has 0 heterocycles. The predicted molar refractivity (Wildman–Crippen MR) is 53.7 cm³/mol. The lowest BCUT2D eigenvalue weighted by atomic mass is 9.95. The van der Waals surface area contributed by atoms with E-state index in [2.05, 4.69) is 10.3 Å². The molecule has 3 nitrogen and oxygen atoms in total. The maximum Gasteiger partial charge on any atom is 0.133 e. The Morgan fingerprint density at radius 3 is 2.77 bits per heavy atom. The minimum atomic E-state index is 0.343. The van der Waals surface area contributed by atoms with Gasteiger partial charge in [-0.05, 0) is 26.0 Å². The third kappa shape index (κ3) is 3.87. The lowest BCUT2D eigenvalue weighted by Crippen LogP contribution is -2.17. The largest absolute Gasteiger partial charge is 0.353 e. The molecule has 72 valence electrons. The van der Waals surface area contributed by atoms with Gasteiger partial charge in [0.15, 0.2) is 0 Å². The number of ketones is 1. The van der Waals surface area contributed by atoms with Crippen LogP contribution in [0.25, 0.3) is 0 Å². The molecule has 0 bridgehead atoms. The third-order valence-corrected chi connectivity index (χ3v) is 2.14. The van der Waals surface area contributed by atoms with Crippen molar-refractivity contribution in [3.8, 4) is 0 Å². The maximum absolute atomic E-state index is 10.9. The van der Waals surface area contributed by atoms with Crippen molar-refractivity contribution in [1.29, 1.82) is 0 Å². The first-order valence-corrected chi connectivity index (χ1v) is 4.73. The predicted octanol–water partition coefficient (Wildman–Crippen LogP) is 1.65. The van der Waals surface area contributed by atoms with Crippen LogP contribution < -0.4 is 5.32 Å². The summed E-state index contributed by atoms with van der Waals surface area (Å²) in [5.41, 5.74) is 0. The molecule has 1 fully saturated rings. The zero-order valence-electron chi connectivity index (χ0n) is 7.99. The highest BCUT2D eigenvalue weighted by molar-refractivity contribution is 5.79. The van der Waals surface area contributed by atoms with Crippen molar-refractivity contribution in [1.82, 2.24) is 5.32 Å². The zero-order chi connectivity index (χ0) is 9.52. The van der Waals surface area contributed by atoms with Crippen LogP contribution in [0.4, 0.5) is 0 Å². The lowest BCUT2D eigenvalue weighted by Gasteiger charge is -2.16. The van der Waals surface area contributed by atoms with E-state index in [4.69, 9.17) is 0 Å². The third-order valence-electron chi connectivity index (χ3n) is 2.14. The molecule has 0 aliphatic heterocycles. The number of aliphatic imine (C=N–C) groups is 1. The zero-order valence-corrected chi connectivity index (χ0v) is 7.99. The Kier molecular flexibility index (Phi) is 4.23. The summed E-state index contributed by atoms with van der Waals surface area (Å²) < 4.78 is 0. The molecule has 0 amide bonds. The molecular weight excluding hydrogens is 164 g/mol. The number of rotatable bonds is 3. The number of nitrogens with zero attached hydrogens (tertiary/aromatic N) is 1. The van der Waals surface area contributed by atoms with E-state index >= 15 is 0 Å². The lowest BCUT2D eigenvalue weighted by molar-refractivity contribution is -0.120. The number of allylic oxidation sites excluding steroid dienone is 1. The van der Waals surface area contributed by atoms with Gasteiger partial charge >= 0.3 is 0 Å². The highest BCUT2D eigenvalue weighted by Crippen LogP contribution is 2.17. The second kappa shape index (κ2) is 5.51. The average Bonchev–Trinajstić information content (AvgIpc) is 2.15. The normalized spacial score (nSPS) is 20.2. The Balaban J connectivity index is 2.21. The molecule has 0 saturated heterocycles. The van der Waals surface area contributed by atoms with Gasteiger partial charge in [-0.2, -0.15) is 0 Å². The van der Waals surface area contributed by atoms with Crippen LogP contribution in [-0.4, -0.2) is 18.2 Å². The number of hydrogen-bond acceptors (Lipinski definition) is 2. The molecule has 0 aromatic carbocycles. The topological polar surface area (TPSA) is 41.5 Å². The van der Waals surface area contributed by atoms with Crippen molar-refractivity contribution in [2.75, 3.05) is 0 Å². The number of hydrogen-bond donors (Lipinski definition) is 1. The van der Waals surface area contributed by atoms with Gasteiger partial charge in [-0.3, -0.25) is 9.79 Å². The highest BCUT2D eigenvalue weighted by atomic mass is 16.1. The summed E-state index contributed by atoms with van der Waals surface area (Å²) in [5, 5.41) is 2.94. The molecular formula is C10H16N2O. The van der Waals surface area contributed by atoms with Crippen LogP contribution in [0.15, 0.2) is 17.3 Å². The fourth-order valence-electron chi connectivity index (χ4n) is 1.36. The molecule has 1 saturated carbocycles. The van der Waals surface area contributed by atoms with Gasteiger partial charge in [-0.15, -0.1) is 0 Å². The van der Waals surface area contributed by atoms with Crippen LogP contribution in [-0.2, 0) is 4.79 Å². The minimum absolute atomic E-state index is 0.343. The fraction of sp³-hybridized carbons (Fsp3) is 0.600. The number of carbonyl (C=O) groups excluding carboxylic acids is 1. The van der Waals surface area contributed by atoms with Gasteiger partial charge in [-0.1, -0.05) is 6.08 Å². The van der Waals surface area contributed by atoms with Gasteiger partial charge in [0.1, 0.15) is 5.78 Å².